The first-order chi connectivity index (χ1) is 12.1. The van der Waals surface area contributed by atoms with Gasteiger partial charge in [0, 0.05) is 18.2 Å². The van der Waals surface area contributed by atoms with Crippen LogP contribution in [-0.2, 0) is 4.79 Å². The number of carbonyl (C=O) groups excluding carboxylic acids is 1. The van der Waals surface area contributed by atoms with Gasteiger partial charge in [-0.1, -0.05) is 24.3 Å². The van der Waals surface area contributed by atoms with Crippen molar-refractivity contribution in [3.8, 4) is 11.5 Å². The van der Waals surface area contributed by atoms with Gasteiger partial charge in [0.2, 0.25) is 0 Å². The van der Waals surface area contributed by atoms with Crippen LogP contribution in [0.3, 0.4) is 0 Å². The van der Waals surface area contributed by atoms with Crippen LogP contribution in [0.5, 0.6) is 11.5 Å². The van der Waals surface area contributed by atoms with Gasteiger partial charge in [0.1, 0.15) is 11.5 Å². The Labute approximate surface area is 150 Å². The number of ether oxygens (including phenoxy) is 1. The summed E-state index contributed by atoms with van der Waals surface area (Å²) in [7, 11) is 1.61. The summed E-state index contributed by atoms with van der Waals surface area (Å²) in [6, 6.07) is 14.2. The predicted octanol–water partition coefficient (Wildman–Crippen LogP) is 4.02. The maximum Gasteiger partial charge on any atom is 0.266 e. The molecule has 2 aromatic rings. The summed E-state index contributed by atoms with van der Waals surface area (Å²) in [6.45, 7) is 2.43. The normalized spacial score (nSPS) is 17.5. The third-order valence-electron chi connectivity index (χ3n) is 3.68. The minimum Gasteiger partial charge on any atom is -0.508 e. The van der Waals surface area contributed by atoms with Crippen LogP contribution in [0.4, 0.5) is 5.69 Å². The first-order valence-electron chi connectivity index (χ1n) is 7.84. The Morgan fingerprint density at radius 2 is 2.04 bits per heavy atom. The largest absolute Gasteiger partial charge is 0.508 e. The number of hydrogen-bond donors (Lipinski definition) is 1. The number of likely N-dealkylation sites (N-methyl/N-ethyl adjacent to an activating group) is 1. The first-order valence-corrected chi connectivity index (χ1v) is 8.66. The van der Waals surface area contributed by atoms with Crippen LogP contribution < -0.4 is 4.74 Å². The summed E-state index contributed by atoms with van der Waals surface area (Å²) in [6.07, 6.45) is 1.82. The van der Waals surface area contributed by atoms with E-state index in [0.717, 1.165) is 5.56 Å². The Kier molecular flexibility index (Phi) is 5.09. The van der Waals surface area contributed by atoms with Crippen molar-refractivity contribution in [3.05, 3.63) is 59.0 Å². The quantitative estimate of drug-likeness (QED) is 0.842. The van der Waals surface area contributed by atoms with Gasteiger partial charge in [0.15, 0.2) is 5.17 Å². The molecule has 3 rings (SSSR count). The van der Waals surface area contributed by atoms with Crippen molar-refractivity contribution >= 4 is 34.6 Å². The SMILES string of the molecule is CCN1C(=O)/C(=C/c2ccccc2OC)SC1=Nc1cccc(O)c1. The zero-order valence-corrected chi connectivity index (χ0v) is 14.8. The van der Waals surface area contributed by atoms with Crippen LogP contribution in [0.15, 0.2) is 58.4 Å². The Balaban J connectivity index is 1.96. The van der Waals surface area contributed by atoms with Gasteiger partial charge in [-0.3, -0.25) is 9.69 Å². The lowest BCUT2D eigenvalue weighted by Crippen LogP contribution is -2.28. The molecule has 6 heteroatoms. The molecule has 0 radical (unpaired) electrons. The molecular weight excluding hydrogens is 336 g/mol. The predicted molar refractivity (Wildman–Crippen MR) is 101 cm³/mol. The number of amides is 1. The van der Waals surface area contributed by atoms with E-state index in [1.165, 1.54) is 11.8 Å². The van der Waals surface area contributed by atoms with Gasteiger partial charge < -0.3 is 9.84 Å². The third-order valence-corrected chi connectivity index (χ3v) is 4.69. The lowest BCUT2D eigenvalue weighted by molar-refractivity contribution is -0.122. The second-order valence-corrected chi connectivity index (χ2v) is 6.33. The van der Waals surface area contributed by atoms with Crippen molar-refractivity contribution in [2.75, 3.05) is 13.7 Å². The molecule has 1 fully saturated rings. The number of carbonyl (C=O) groups is 1. The molecule has 1 heterocycles. The molecule has 1 saturated heterocycles. The van der Waals surface area contributed by atoms with Gasteiger partial charge in [0.05, 0.1) is 17.7 Å². The molecule has 0 atom stereocenters. The van der Waals surface area contributed by atoms with E-state index in [4.69, 9.17) is 4.74 Å². The molecule has 1 aliphatic rings. The van der Waals surface area contributed by atoms with Crippen molar-refractivity contribution < 1.29 is 14.6 Å². The smallest absolute Gasteiger partial charge is 0.266 e. The second-order valence-electron chi connectivity index (χ2n) is 5.32. The molecule has 5 nitrogen and oxygen atoms in total. The molecule has 2 aromatic carbocycles. The topological polar surface area (TPSA) is 62.1 Å². The van der Waals surface area contributed by atoms with Crippen molar-refractivity contribution in [1.82, 2.24) is 4.90 Å². The minimum absolute atomic E-state index is 0.0858. The molecule has 0 bridgehead atoms. The highest BCUT2D eigenvalue weighted by molar-refractivity contribution is 8.18. The summed E-state index contributed by atoms with van der Waals surface area (Å²) in [5.41, 5.74) is 1.45. The number of benzene rings is 2. The molecule has 1 amide bonds. The van der Waals surface area contributed by atoms with E-state index >= 15 is 0 Å². The summed E-state index contributed by atoms with van der Waals surface area (Å²) >= 11 is 1.32. The van der Waals surface area contributed by atoms with Gasteiger partial charge in [-0.2, -0.15) is 0 Å². The third kappa shape index (κ3) is 3.69. The second kappa shape index (κ2) is 7.44. The maximum absolute atomic E-state index is 12.7. The highest BCUT2D eigenvalue weighted by atomic mass is 32.2. The van der Waals surface area contributed by atoms with Crippen LogP contribution in [0.2, 0.25) is 0 Å². The van der Waals surface area contributed by atoms with Crippen molar-refractivity contribution in [2.45, 2.75) is 6.92 Å². The van der Waals surface area contributed by atoms with Crippen molar-refractivity contribution in [3.63, 3.8) is 0 Å². The van der Waals surface area contributed by atoms with E-state index in [0.29, 0.717) is 28.1 Å². The Hall–Kier alpha value is -2.73. The molecule has 0 spiro atoms. The monoisotopic (exact) mass is 354 g/mol. The number of aromatic hydroxyl groups is 1. The van der Waals surface area contributed by atoms with Crippen LogP contribution >= 0.6 is 11.8 Å². The molecule has 0 saturated carbocycles. The van der Waals surface area contributed by atoms with Gasteiger partial charge in [-0.05, 0) is 43.0 Å². The lowest BCUT2D eigenvalue weighted by atomic mass is 10.2. The summed E-state index contributed by atoms with van der Waals surface area (Å²) in [5.74, 6) is 0.770. The number of phenols is 1. The zero-order chi connectivity index (χ0) is 17.8. The van der Waals surface area contributed by atoms with Crippen LogP contribution in [0.1, 0.15) is 12.5 Å². The summed E-state index contributed by atoms with van der Waals surface area (Å²) in [5, 5.41) is 10.2. The van der Waals surface area contributed by atoms with Crippen LogP contribution in [0.25, 0.3) is 6.08 Å². The van der Waals surface area contributed by atoms with Crippen molar-refractivity contribution in [2.24, 2.45) is 4.99 Å². The number of aliphatic imine (C=N–C) groups is 1. The molecule has 0 aromatic heterocycles. The van der Waals surface area contributed by atoms with Gasteiger partial charge in [0.25, 0.3) is 5.91 Å². The highest BCUT2D eigenvalue weighted by Gasteiger charge is 2.32. The molecular formula is C19H18N2O3S. The molecule has 1 N–H and O–H groups in total. The Morgan fingerprint density at radius 1 is 1.24 bits per heavy atom. The maximum atomic E-state index is 12.7. The van der Waals surface area contributed by atoms with E-state index in [2.05, 4.69) is 4.99 Å². The lowest BCUT2D eigenvalue weighted by Gasteiger charge is -2.12. The van der Waals surface area contributed by atoms with Crippen LogP contribution in [-0.4, -0.2) is 34.7 Å². The fourth-order valence-corrected chi connectivity index (χ4v) is 3.52. The van der Waals surface area contributed by atoms with E-state index in [9.17, 15) is 9.90 Å². The minimum atomic E-state index is -0.0858. The van der Waals surface area contributed by atoms with E-state index < -0.39 is 0 Å². The first kappa shape index (κ1) is 17.1. The highest BCUT2D eigenvalue weighted by Crippen LogP contribution is 2.35. The van der Waals surface area contributed by atoms with E-state index in [1.54, 1.807) is 36.3 Å². The molecule has 128 valence electrons. The standard InChI is InChI=1S/C19H18N2O3S/c1-3-21-18(23)17(11-13-7-4-5-10-16(13)24-2)25-19(21)20-14-8-6-9-15(22)12-14/h4-12,22H,3H2,1-2H3/b17-11-,20-19?. The Bertz CT molecular complexity index is 861. The average molecular weight is 354 g/mol. The molecule has 0 unspecified atom stereocenters. The summed E-state index contributed by atoms with van der Waals surface area (Å²) in [4.78, 5) is 19.4. The summed E-state index contributed by atoms with van der Waals surface area (Å²) < 4.78 is 5.34. The fourth-order valence-electron chi connectivity index (χ4n) is 2.47. The van der Waals surface area contributed by atoms with E-state index in [1.807, 2.05) is 37.3 Å². The van der Waals surface area contributed by atoms with Gasteiger partial charge in [-0.25, -0.2) is 4.99 Å². The van der Waals surface area contributed by atoms with E-state index in [-0.39, 0.29) is 11.7 Å². The molecule has 0 aliphatic carbocycles. The zero-order valence-electron chi connectivity index (χ0n) is 14.0. The number of rotatable bonds is 4. The van der Waals surface area contributed by atoms with Crippen molar-refractivity contribution in [1.29, 1.82) is 0 Å². The van der Waals surface area contributed by atoms with Gasteiger partial charge >= 0.3 is 0 Å². The number of hydrogen-bond acceptors (Lipinski definition) is 5. The van der Waals surface area contributed by atoms with Crippen LogP contribution in [0, 0.1) is 0 Å². The molecule has 1 aliphatic heterocycles. The fraction of sp³-hybridized carbons (Fsp3) is 0.158. The van der Waals surface area contributed by atoms with Gasteiger partial charge in [-0.15, -0.1) is 0 Å². The number of thioether (sulfide) groups is 1. The Morgan fingerprint density at radius 3 is 2.76 bits per heavy atom. The number of phenolic OH excluding ortho intramolecular Hbond substituents is 1. The number of nitrogens with zero attached hydrogens (tertiary/aromatic N) is 2. The average Bonchev–Trinajstić information content (AvgIpc) is 2.90. The number of amidine groups is 1. The number of methoxy groups -OCH3 is 1. The number of para-hydroxylation sites is 1. The molecule has 25 heavy (non-hydrogen) atoms.